The van der Waals surface area contributed by atoms with Crippen LogP contribution in [0.1, 0.15) is 5.56 Å². The lowest BCUT2D eigenvalue weighted by Crippen LogP contribution is -2.23. The molecule has 0 atom stereocenters. The summed E-state index contributed by atoms with van der Waals surface area (Å²) in [6, 6.07) is 25.4. The number of fused-ring (bicyclic) bond motifs is 1. The van der Waals surface area contributed by atoms with E-state index in [0.717, 1.165) is 28.1 Å². The summed E-state index contributed by atoms with van der Waals surface area (Å²) in [6.07, 6.45) is 1.83. The highest BCUT2D eigenvalue weighted by Crippen LogP contribution is 2.32. The predicted molar refractivity (Wildman–Crippen MR) is 129 cm³/mol. The summed E-state index contributed by atoms with van der Waals surface area (Å²) in [5.74, 6) is 1.37. The van der Waals surface area contributed by atoms with Gasteiger partial charge in [0.25, 0.3) is 5.56 Å². The molecule has 5 aromatic rings. The Kier molecular flexibility index (Phi) is 5.21. The Balaban J connectivity index is 1.78. The third-order valence-corrected chi connectivity index (χ3v) is 6.25. The van der Waals surface area contributed by atoms with E-state index in [1.807, 2.05) is 84.9 Å². The van der Waals surface area contributed by atoms with E-state index in [4.69, 9.17) is 14.5 Å². The quantitative estimate of drug-likeness (QED) is 0.399. The fourth-order valence-corrected chi connectivity index (χ4v) is 4.72. The third kappa shape index (κ3) is 3.44. The van der Waals surface area contributed by atoms with Crippen molar-refractivity contribution in [3.63, 3.8) is 0 Å². The summed E-state index contributed by atoms with van der Waals surface area (Å²) in [7, 11) is 3.22. The SMILES string of the molecule is COc1ccc(OC)c(/C=c2\sc3nc(-c4ccccc4)c(-c4ccccc4)n3c2=O)c1. The summed E-state index contributed by atoms with van der Waals surface area (Å²) in [4.78, 5) is 19.1. The Hall–Kier alpha value is -3.90. The minimum atomic E-state index is -0.108. The number of nitrogens with zero attached hydrogens (tertiary/aromatic N) is 2. The molecular weight excluding hydrogens is 420 g/mol. The summed E-state index contributed by atoms with van der Waals surface area (Å²) in [5.41, 5.74) is 4.18. The highest BCUT2D eigenvalue weighted by Gasteiger charge is 2.20. The van der Waals surface area contributed by atoms with Crippen molar-refractivity contribution in [1.29, 1.82) is 0 Å². The van der Waals surface area contributed by atoms with Gasteiger partial charge in [0.15, 0.2) is 4.96 Å². The van der Waals surface area contributed by atoms with Crippen molar-refractivity contribution in [2.24, 2.45) is 0 Å². The Labute approximate surface area is 188 Å². The van der Waals surface area contributed by atoms with Crippen molar-refractivity contribution < 1.29 is 9.47 Å². The van der Waals surface area contributed by atoms with Crippen molar-refractivity contribution >= 4 is 22.4 Å². The van der Waals surface area contributed by atoms with Crippen molar-refractivity contribution in [2.75, 3.05) is 14.2 Å². The Morgan fingerprint density at radius 3 is 2.22 bits per heavy atom. The van der Waals surface area contributed by atoms with Crippen LogP contribution in [-0.2, 0) is 0 Å². The molecule has 0 saturated carbocycles. The predicted octanol–water partition coefficient (Wildman–Crippen LogP) is 4.65. The van der Waals surface area contributed by atoms with Crippen LogP contribution in [0.3, 0.4) is 0 Å². The molecular formula is C26H20N2O3S. The van der Waals surface area contributed by atoms with Crippen LogP contribution in [0.15, 0.2) is 83.7 Å². The minimum absolute atomic E-state index is 0.108. The molecule has 32 heavy (non-hydrogen) atoms. The van der Waals surface area contributed by atoms with Crippen LogP contribution < -0.4 is 19.6 Å². The smallest absolute Gasteiger partial charge is 0.274 e. The van der Waals surface area contributed by atoms with Crippen LogP contribution in [-0.4, -0.2) is 23.6 Å². The van der Waals surface area contributed by atoms with Gasteiger partial charge in [0.05, 0.1) is 30.1 Å². The van der Waals surface area contributed by atoms with Crippen molar-refractivity contribution in [3.8, 4) is 34.0 Å². The molecule has 0 spiro atoms. The standard InChI is InChI=1S/C26H20N2O3S/c1-30-20-13-14-21(31-2)19(15-20)16-22-25(29)28-24(18-11-7-4-8-12-18)23(27-26(28)32-22)17-9-5-3-6-10-17/h3-16H,1-2H3/b22-16-. The summed E-state index contributed by atoms with van der Waals surface area (Å²) >= 11 is 1.36. The molecule has 158 valence electrons. The van der Waals surface area contributed by atoms with E-state index in [2.05, 4.69) is 0 Å². The lowest BCUT2D eigenvalue weighted by molar-refractivity contribution is 0.402. The number of imidazole rings is 1. The summed E-state index contributed by atoms with van der Waals surface area (Å²) in [5, 5.41) is 0. The molecule has 0 saturated heterocycles. The van der Waals surface area contributed by atoms with Crippen LogP contribution in [0.2, 0.25) is 0 Å². The fourth-order valence-electron chi connectivity index (χ4n) is 3.75. The largest absolute Gasteiger partial charge is 0.497 e. The van der Waals surface area contributed by atoms with Gasteiger partial charge in [-0.25, -0.2) is 9.38 Å². The molecule has 0 aliphatic rings. The molecule has 0 aliphatic heterocycles. The maximum atomic E-state index is 13.6. The van der Waals surface area contributed by atoms with E-state index in [1.54, 1.807) is 18.6 Å². The number of hydrogen-bond acceptors (Lipinski definition) is 5. The maximum absolute atomic E-state index is 13.6. The van der Waals surface area contributed by atoms with Gasteiger partial charge in [-0.3, -0.25) is 4.79 Å². The number of ether oxygens (including phenoxy) is 2. The molecule has 3 aromatic carbocycles. The van der Waals surface area contributed by atoms with Gasteiger partial charge in [-0.15, -0.1) is 0 Å². The molecule has 0 fully saturated rings. The molecule has 0 unspecified atom stereocenters. The first kappa shape index (κ1) is 20.0. The molecule has 0 bridgehead atoms. The van der Waals surface area contributed by atoms with Crippen LogP contribution in [0, 0.1) is 0 Å². The average molecular weight is 441 g/mol. The van der Waals surface area contributed by atoms with Gasteiger partial charge in [-0.05, 0) is 24.3 Å². The highest BCUT2D eigenvalue weighted by molar-refractivity contribution is 7.15. The molecule has 0 amide bonds. The summed E-state index contributed by atoms with van der Waals surface area (Å²) in [6.45, 7) is 0. The van der Waals surface area contributed by atoms with Crippen molar-refractivity contribution in [2.45, 2.75) is 0 Å². The molecule has 5 nitrogen and oxygen atoms in total. The first-order valence-electron chi connectivity index (χ1n) is 10.1. The topological polar surface area (TPSA) is 52.8 Å². The molecule has 2 aromatic heterocycles. The van der Waals surface area contributed by atoms with E-state index < -0.39 is 0 Å². The Morgan fingerprint density at radius 1 is 0.875 bits per heavy atom. The average Bonchev–Trinajstić information content (AvgIpc) is 3.36. The maximum Gasteiger partial charge on any atom is 0.274 e. The van der Waals surface area contributed by atoms with Crippen LogP contribution in [0.5, 0.6) is 11.5 Å². The monoisotopic (exact) mass is 440 g/mol. The van der Waals surface area contributed by atoms with Gasteiger partial charge >= 0.3 is 0 Å². The van der Waals surface area contributed by atoms with Gasteiger partial charge < -0.3 is 9.47 Å². The number of aromatic nitrogens is 2. The Morgan fingerprint density at radius 2 is 1.56 bits per heavy atom. The van der Waals surface area contributed by atoms with Crippen LogP contribution >= 0.6 is 11.3 Å². The van der Waals surface area contributed by atoms with E-state index in [0.29, 0.717) is 21.0 Å². The molecule has 0 aliphatic carbocycles. The Bertz CT molecular complexity index is 1510. The van der Waals surface area contributed by atoms with E-state index >= 15 is 0 Å². The van der Waals surface area contributed by atoms with Gasteiger partial charge in [-0.1, -0.05) is 72.0 Å². The zero-order valence-corrected chi connectivity index (χ0v) is 18.4. The van der Waals surface area contributed by atoms with Crippen molar-refractivity contribution in [1.82, 2.24) is 9.38 Å². The third-order valence-electron chi connectivity index (χ3n) is 5.28. The second-order valence-corrected chi connectivity index (χ2v) is 8.19. The van der Waals surface area contributed by atoms with Crippen LogP contribution in [0.25, 0.3) is 33.6 Å². The molecule has 6 heteroatoms. The fraction of sp³-hybridized carbons (Fsp3) is 0.0769. The minimum Gasteiger partial charge on any atom is -0.497 e. The second-order valence-electron chi connectivity index (χ2n) is 7.18. The van der Waals surface area contributed by atoms with Gasteiger partial charge in [0, 0.05) is 16.7 Å². The van der Waals surface area contributed by atoms with Crippen molar-refractivity contribution in [3.05, 3.63) is 99.3 Å². The van der Waals surface area contributed by atoms with Gasteiger partial charge in [0.2, 0.25) is 0 Å². The zero-order valence-electron chi connectivity index (χ0n) is 17.6. The zero-order chi connectivity index (χ0) is 22.1. The van der Waals surface area contributed by atoms with Gasteiger partial charge in [0.1, 0.15) is 11.5 Å². The number of hydrogen-bond donors (Lipinski definition) is 0. The first-order valence-corrected chi connectivity index (χ1v) is 10.9. The van der Waals surface area contributed by atoms with E-state index in [9.17, 15) is 4.79 Å². The molecule has 2 heterocycles. The number of methoxy groups -OCH3 is 2. The highest BCUT2D eigenvalue weighted by atomic mass is 32.1. The normalized spacial score (nSPS) is 11.8. The summed E-state index contributed by atoms with van der Waals surface area (Å²) < 4.78 is 13.1. The molecule has 5 rings (SSSR count). The number of thiazole rings is 1. The van der Waals surface area contributed by atoms with Gasteiger partial charge in [-0.2, -0.15) is 0 Å². The molecule has 0 radical (unpaired) electrons. The second kappa shape index (κ2) is 8.32. The first-order chi connectivity index (χ1) is 15.7. The molecule has 0 N–H and O–H groups in total. The van der Waals surface area contributed by atoms with Crippen LogP contribution in [0.4, 0.5) is 0 Å². The lowest BCUT2D eigenvalue weighted by Gasteiger charge is -2.06. The number of benzene rings is 3. The lowest BCUT2D eigenvalue weighted by atomic mass is 10.1. The van der Waals surface area contributed by atoms with E-state index in [1.165, 1.54) is 11.3 Å². The van der Waals surface area contributed by atoms with E-state index in [-0.39, 0.29) is 5.56 Å². The number of rotatable bonds is 5.